The van der Waals surface area contributed by atoms with Crippen molar-refractivity contribution in [1.29, 1.82) is 0 Å². The zero-order valence-corrected chi connectivity index (χ0v) is 15.1. The van der Waals surface area contributed by atoms with E-state index in [2.05, 4.69) is 15.9 Å². The van der Waals surface area contributed by atoms with Crippen LogP contribution in [-0.2, 0) is 0 Å². The Morgan fingerprint density at radius 3 is 0.900 bits per heavy atom. The molecule has 0 rings (SSSR count). The molecular formula is C18H36BrF. The van der Waals surface area contributed by atoms with Crippen molar-refractivity contribution in [1.82, 2.24) is 0 Å². The molecule has 0 saturated carbocycles. The Balaban J connectivity index is 2.89. The quantitative estimate of drug-likeness (QED) is 0.187. The fourth-order valence-corrected chi connectivity index (χ4v) is 3.06. The number of alkyl halides is 2. The van der Waals surface area contributed by atoms with Crippen molar-refractivity contribution >= 4 is 15.9 Å². The van der Waals surface area contributed by atoms with Crippen molar-refractivity contribution < 1.29 is 4.39 Å². The summed E-state index contributed by atoms with van der Waals surface area (Å²) in [5.41, 5.74) is 0. The van der Waals surface area contributed by atoms with Crippen LogP contribution in [0.3, 0.4) is 0 Å². The summed E-state index contributed by atoms with van der Waals surface area (Å²) in [4.78, 5) is 0. The number of hydrogen-bond acceptors (Lipinski definition) is 0. The molecule has 0 spiro atoms. The average molecular weight is 351 g/mol. The van der Waals surface area contributed by atoms with E-state index in [1.807, 2.05) is 0 Å². The standard InChI is InChI=1S/C18H36BrF/c19-17-15-13-11-9-7-5-3-1-2-4-6-8-10-12-14-16-18-20/h1-18H2. The second-order valence-electron chi connectivity index (χ2n) is 6.03. The summed E-state index contributed by atoms with van der Waals surface area (Å²) in [6.45, 7) is -0.128. The van der Waals surface area contributed by atoms with Crippen LogP contribution in [0.15, 0.2) is 0 Å². The van der Waals surface area contributed by atoms with E-state index in [1.54, 1.807) is 0 Å². The summed E-state index contributed by atoms with van der Waals surface area (Å²) in [5, 5.41) is 1.17. The Labute approximate surface area is 135 Å². The molecule has 0 bridgehead atoms. The third kappa shape index (κ3) is 18.4. The molecule has 0 aromatic heterocycles. The molecule has 2 heteroatoms. The Morgan fingerprint density at radius 1 is 0.400 bits per heavy atom. The molecule has 20 heavy (non-hydrogen) atoms. The number of hydrogen-bond donors (Lipinski definition) is 0. The van der Waals surface area contributed by atoms with Gasteiger partial charge < -0.3 is 0 Å². The highest BCUT2D eigenvalue weighted by molar-refractivity contribution is 9.09. The van der Waals surface area contributed by atoms with Gasteiger partial charge in [-0.1, -0.05) is 106 Å². The SMILES string of the molecule is FCCCCCCCCCCCCCCCCCCBr. The van der Waals surface area contributed by atoms with Crippen LogP contribution in [0.2, 0.25) is 0 Å². The highest BCUT2D eigenvalue weighted by Gasteiger charge is 1.94. The first kappa shape index (κ1) is 20.4. The zero-order valence-electron chi connectivity index (χ0n) is 13.5. The van der Waals surface area contributed by atoms with Crippen molar-refractivity contribution in [2.75, 3.05) is 12.0 Å². The Bertz CT molecular complexity index is 143. The maximum absolute atomic E-state index is 11.9. The molecule has 0 amide bonds. The van der Waals surface area contributed by atoms with Crippen molar-refractivity contribution in [2.45, 2.75) is 103 Å². The first-order valence-electron chi connectivity index (χ1n) is 9.03. The lowest BCUT2D eigenvalue weighted by Crippen LogP contribution is -1.84. The van der Waals surface area contributed by atoms with Gasteiger partial charge in [0.05, 0.1) is 6.67 Å². The lowest BCUT2D eigenvalue weighted by atomic mass is 10.0. The van der Waals surface area contributed by atoms with E-state index in [1.165, 1.54) is 95.2 Å². The van der Waals surface area contributed by atoms with Gasteiger partial charge in [-0.2, -0.15) is 0 Å². The highest BCUT2D eigenvalue weighted by Crippen LogP contribution is 2.13. The van der Waals surface area contributed by atoms with Gasteiger partial charge in [0.1, 0.15) is 0 Å². The first-order chi connectivity index (χ1) is 9.91. The molecule has 0 N–H and O–H groups in total. The van der Waals surface area contributed by atoms with E-state index in [-0.39, 0.29) is 6.67 Å². The third-order valence-corrected chi connectivity index (χ3v) is 4.58. The van der Waals surface area contributed by atoms with E-state index in [9.17, 15) is 4.39 Å². The van der Waals surface area contributed by atoms with Crippen LogP contribution in [0.5, 0.6) is 0 Å². The van der Waals surface area contributed by atoms with E-state index in [4.69, 9.17) is 0 Å². The normalized spacial score (nSPS) is 11.1. The monoisotopic (exact) mass is 350 g/mol. The van der Waals surface area contributed by atoms with Gasteiger partial charge >= 0.3 is 0 Å². The van der Waals surface area contributed by atoms with E-state index >= 15 is 0 Å². The van der Waals surface area contributed by atoms with E-state index < -0.39 is 0 Å². The third-order valence-electron chi connectivity index (χ3n) is 4.02. The van der Waals surface area contributed by atoms with E-state index in [0.717, 1.165) is 12.8 Å². The summed E-state index contributed by atoms with van der Waals surface area (Å²) in [6, 6.07) is 0. The average Bonchev–Trinajstić information content (AvgIpc) is 2.47. The molecule has 0 unspecified atom stereocenters. The van der Waals surface area contributed by atoms with Crippen molar-refractivity contribution in [2.24, 2.45) is 0 Å². The second-order valence-corrected chi connectivity index (χ2v) is 6.83. The van der Waals surface area contributed by atoms with Gasteiger partial charge in [0.2, 0.25) is 0 Å². The fourth-order valence-electron chi connectivity index (χ4n) is 2.66. The fraction of sp³-hybridized carbons (Fsp3) is 1.00. The molecule has 0 atom stereocenters. The van der Waals surface area contributed by atoms with Gasteiger partial charge in [-0.15, -0.1) is 0 Å². The summed E-state index contributed by atoms with van der Waals surface area (Å²) in [6.07, 6.45) is 21.4. The van der Waals surface area contributed by atoms with Crippen LogP contribution >= 0.6 is 15.9 Å². The topological polar surface area (TPSA) is 0 Å². The van der Waals surface area contributed by atoms with E-state index in [0.29, 0.717) is 0 Å². The molecule has 0 aromatic rings. The van der Waals surface area contributed by atoms with Gasteiger partial charge in [0.15, 0.2) is 0 Å². The Hall–Kier alpha value is 0.410. The van der Waals surface area contributed by atoms with Crippen molar-refractivity contribution in [3.8, 4) is 0 Å². The molecule has 0 aliphatic rings. The molecule has 0 aliphatic carbocycles. The smallest absolute Gasteiger partial charge is 0.0894 e. The molecule has 0 radical (unpaired) electrons. The van der Waals surface area contributed by atoms with Gasteiger partial charge in [-0.05, 0) is 12.8 Å². The lowest BCUT2D eigenvalue weighted by Gasteiger charge is -2.03. The Kier molecular flexibility index (Phi) is 19.8. The molecule has 0 nitrogen and oxygen atoms in total. The van der Waals surface area contributed by atoms with Gasteiger partial charge in [-0.3, -0.25) is 4.39 Å². The minimum absolute atomic E-state index is 0.128. The molecule has 0 aromatic carbocycles. The predicted molar refractivity (Wildman–Crippen MR) is 93.6 cm³/mol. The van der Waals surface area contributed by atoms with Gasteiger partial charge in [-0.25, -0.2) is 0 Å². The summed E-state index contributed by atoms with van der Waals surface area (Å²) < 4.78 is 11.9. The maximum atomic E-state index is 11.9. The lowest BCUT2D eigenvalue weighted by molar-refractivity contribution is 0.448. The van der Waals surface area contributed by atoms with Crippen LogP contribution in [-0.4, -0.2) is 12.0 Å². The van der Waals surface area contributed by atoms with Crippen molar-refractivity contribution in [3.05, 3.63) is 0 Å². The van der Waals surface area contributed by atoms with Gasteiger partial charge in [0, 0.05) is 5.33 Å². The number of rotatable bonds is 17. The summed E-state index contributed by atoms with van der Waals surface area (Å²) in [7, 11) is 0. The summed E-state index contributed by atoms with van der Waals surface area (Å²) in [5.74, 6) is 0. The predicted octanol–water partition coefficient (Wildman–Crippen LogP) is 7.59. The highest BCUT2D eigenvalue weighted by atomic mass is 79.9. The van der Waals surface area contributed by atoms with Crippen LogP contribution in [0.4, 0.5) is 4.39 Å². The molecule has 0 saturated heterocycles. The molecular weight excluding hydrogens is 315 g/mol. The number of unbranched alkanes of at least 4 members (excludes halogenated alkanes) is 15. The first-order valence-corrected chi connectivity index (χ1v) is 10.2. The van der Waals surface area contributed by atoms with Crippen LogP contribution in [0.1, 0.15) is 103 Å². The molecule has 0 heterocycles. The van der Waals surface area contributed by atoms with Gasteiger partial charge in [0.25, 0.3) is 0 Å². The largest absolute Gasteiger partial charge is 0.251 e. The second kappa shape index (κ2) is 19.4. The molecule has 0 aliphatic heterocycles. The minimum atomic E-state index is -0.128. The minimum Gasteiger partial charge on any atom is -0.251 e. The number of halogens is 2. The summed E-state index contributed by atoms with van der Waals surface area (Å²) >= 11 is 3.48. The zero-order chi connectivity index (χ0) is 14.7. The maximum Gasteiger partial charge on any atom is 0.0894 e. The Morgan fingerprint density at radius 2 is 0.650 bits per heavy atom. The molecule has 0 fully saturated rings. The van der Waals surface area contributed by atoms with Crippen molar-refractivity contribution in [3.63, 3.8) is 0 Å². The molecule has 122 valence electrons. The van der Waals surface area contributed by atoms with Crippen LogP contribution in [0.25, 0.3) is 0 Å². The van der Waals surface area contributed by atoms with Crippen LogP contribution in [0, 0.1) is 0 Å². The van der Waals surface area contributed by atoms with Crippen LogP contribution < -0.4 is 0 Å².